The van der Waals surface area contributed by atoms with E-state index in [9.17, 15) is 18.0 Å². The monoisotopic (exact) mass is 467 g/mol. The Labute approximate surface area is 192 Å². The number of hydrogen-bond donors (Lipinski definition) is 2. The fourth-order valence-corrected chi connectivity index (χ4v) is 4.96. The van der Waals surface area contributed by atoms with Gasteiger partial charge in [-0.15, -0.1) is 0 Å². The van der Waals surface area contributed by atoms with Crippen molar-refractivity contribution in [1.82, 2.24) is 9.62 Å². The van der Waals surface area contributed by atoms with E-state index in [2.05, 4.69) is 10.0 Å². The molecule has 1 fully saturated rings. The molecule has 1 aliphatic heterocycles. The highest BCUT2D eigenvalue weighted by Gasteiger charge is 2.35. The second-order valence-electron chi connectivity index (χ2n) is 7.75. The number of ether oxygens (including phenoxy) is 1. The van der Waals surface area contributed by atoms with Gasteiger partial charge in [0.2, 0.25) is 15.9 Å². The van der Waals surface area contributed by atoms with Gasteiger partial charge in [0, 0.05) is 23.0 Å². The predicted octanol–water partition coefficient (Wildman–Crippen LogP) is 3.49. The number of likely N-dealkylation sites (tertiary alicyclic amines) is 1. The first kappa shape index (κ1) is 22.8. The van der Waals surface area contributed by atoms with Crippen molar-refractivity contribution < 1.29 is 22.7 Å². The third-order valence-corrected chi connectivity index (χ3v) is 7.17. The van der Waals surface area contributed by atoms with E-state index in [4.69, 9.17) is 4.74 Å². The Balaban J connectivity index is 1.51. The largest absolute Gasteiger partial charge is 0.445 e. The van der Waals surface area contributed by atoms with E-state index in [1.54, 1.807) is 30.3 Å². The minimum absolute atomic E-state index is 0.130. The van der Waals surface area contributed by atoms with Gasteiger partial charge in [0.1, 0.15) is 12.6 Å². The molecule has 172 valence electrons. The van der Waals surface area contributed by atoms with Gasteiger partial charge in [0.05, 0.1) is 4.90 Å². The average Bonchev–Trinajstić information content (AvgIpc) is 3.33. The van der Waals surface area contributed by atoms with Gasteiger partial charge in [0.25, 0.3) is 0 Å². The molecule has 1 aliphatic rings. The third kappa shape index (κ3) is 4.84. The summed E-state index contributed by atoms with van der Waals surface area (Å²) in [7, 11) is -2.31. The summed E-state index contributed by atoms with van der Waals surface area (Å²) < 4.78 is 32.5. The van der Waals surface area contributed by atoms with Crippen molar-refractivity contribution >= 4 is 38.5 Å². The first-order chi connectivity index (χ1) is 15.9. The van der Waals surface area contributed by atoms with E-state index in [1.807, 2.05) is 30.3 Å². The summed E-state index contributed by atoms with van der Waals surface area (Å²) in [6.07, 6.45) is 0.687. The van der Waals surface area contributed by atoms with Gasteiger partial charge in [-0.3, -0.25) is 9.69 Å². The number of amides is 2. The molecule has 0 spiro atoms. The van der Waals surface area contributed by atoms with Gasteiger partial charge in [-0.25, -0.2) is 17.9 Å². The topological polar surface area (TPSA) is 105 Å². The van der Waals surface area contributed by atoms with E-state index >= 15 is 0 Å². The second-order valence-corrected chi connectivity index (χ2v) is 9.60. The summed E-state index contributed by atoms with van der Waals surface area (Å²) in [6.45, 7) is 0.572. The molecular weight excluding hydrogens is 442 g/mol. The van der Waals surface area contributed by atoms with E-state index in [1.165, 1.54) is 18.0 Å². The third-order valence-electron chi connectivity index (χ3n) is 5.69. The minimum Gasteiger partial charge on any atom is -0.445 e. The fourth-order valence-electron chi connectivity index (χ4n) is 4.01. The normalized spacial score (nSPS) is 16.0. The molecule has 0 unspecified atom stereocenters. The lowest BCUT2D eigenvalue weighted by Crippen LogP contribution is -2.43. The van der Waals surface area contributed by atoms with E-state index in [0.29, 0.717) is 35.8 Å². The molecule has 0 radical (unpaired) electrons. The zero-order chi connectivity index (χ0) is 23.4. The number of hydrogen-bond acceptors (Lipinski definition) is 5. The molecule has 1 saturated heterocycles. The van der Waals surface area contributed by atoms with Crippen molar-refractivity contribution in [3.8, 4) is 0 Å². The maximum Gasteiger partial charge on any atom is 0.410 e. The number of nitrogens with one attached hydrogen (secondary N) is 2. The first-order valence-electron chi connectivity index (χ1n) is 10.6. The first-order valence-corrected chi connectivity index (χ1v) is 12.1. The quantitative estimate of drug-likeness (QED) is 0.578. The van der Waals surface area contributed by atoms with Crippen molar-refractivity contribution in [3.63, 3.8) is 0 Å². The average molecular weight is 468 g/mol. The van der Waals surface area contributed by atoms with Crippen LogP contribution in [0.5, 0.6) is 0 Å². The van der Waals surface area contributed by atoms with E-state index in [-0.39, 0.29) is 17.4 Å². The van der Waals surface area contributed by atoms with Gasteiger partial charge in [-0.2, -0.15) is 0 Å². The van der Waals surface area contributed by atoms with Crippen molar-refractivity contribution in [3.05, 3.63) is 72.3 Å². The molecule has 9 heteroatoms. The second kappa shape index (κ2) is 9.60. The Kier molecular flexibility index (Phi) is 6.62. The summed E-state index contributed by atoms with van der Waals surface area (Å²) in [4.78, 5) is 27.3. The lowest BCUT2D eigenvalue weighted by Gasteiger charge is -2.23. The van der Waals surface area contributed by atoms with Crippen molar-refractivity contribution in [2.75, 3.05) is 18.9 Å². The molecule has 8 nitrogen and oxygen atoms in total. The van der Waals surface area contributed by atoms with Gasteiger partial charge in [0.15, 0.2) is 0 Å². The molecule has 4 rings (SSSR count). The molecule has 3 aromatic rings. The summed E-state index contributed by atoms with van der Waals surface area (Å²) in [5.41, 5.74) is 1.35. The maximum absolute atomic E-state index is 13.1. The zero-order valence-corrected chi connectivity index (χ0v) is 19.0. The SMILES string of the molecule is CNS(=O)(=O)c1cccc2c(NC(=O)[C@@H]3CCCN3C(=O)OCc3ccccc3)cccc12. The van der Waals surface area contributed by atoms with Crippen LogP contribution in [0, 0.1) is 0 Å². The fraction of sp³-hybridized carbons (Fsp3) is 0.250. The molecule has 0 saturated carbocycles. The highest BCUT2D eigenvalue weighted by atomic mass is 32.2. The van der Waals surface area contributed by atoms with Crippen LogP contribution in [0.2, 0.25) is 0 Å². The van der Waals surface area contributed by atoms with Crippen LogP contribution >= 0.6 is 0 Å². The van der Waals surface area contributed by atoms with Crippen molar-refractivity contribution in [2.24, 2.45) is 0 Å². The minimum atomic E-state index is -3.67. The lowest BCUT2D eigenvalue weighted by atomic mass is 10.1. The Morgan fingerprint density at radius 2 is 1.73 bits per heavy atom. The van der Waals surface area contributed by atoms with Crippen LogP contribution in [0.1, 0.15) is 18.4 Å². The standard InChI is InChI=1S/C24H25N3O5S/c1-25-33(30,31)22-14-6-10-18-19(22)11-5-12-20(18)26-23(28)21-13-7-15-27(21)24(29)32-16-17-8-3-2-4-9-17/h2-6,8-12,14,21,25H,7,13,15-16H2,1H3,(H,26,28)/t21-/m0/s1. The summed E-state index contributed by atoms with van der Waals surface area (Å²) in [6, 6.07) is 18.7. The molecule has 2 amide bonds. The molecule has 2 N–H and O–H groups in total. The number of nitrogens with zero attached hydrogens (tertiary/aromatic N) is 1. The van der Waals surface area contributed by atoms with Crippen LogP contribution in [-0.2, 0) is 26.2 Å². The number of carbonyl (C=O) groups excluding carboxylic acids is 2. The zero-order valence-electron chi connectivity index (χ0n) is 18.2. The van der Waals surface area contributed by atoms with E-state index < -0.39 is 22.2 Å². The van der Waals surface area contributed by atoms with Crippen LogP contribution in [0.3, 0.4) is 0 Å². The molecule has 0 aromatic heterocycles. The highest BCUT2D eigenvalue weighted by molar-refractivity contribution is 7.89. The Morgan fingerprint density at radius 1 is 1.00 bits per heavy atom. The number of fused-ring (bicyclic) bond motifs is 1. The number of benzene rings is 3. The molecule has 1 atom stereocenters. The number of rotatable bonds is 6. The molecule has 3 aromatic carbocycles. The highest BCUT2D eigenvalue weighted by Crippen LogP contribution is 2.29. The van der Waals surface area contributed by atoms with Crippen LogP contribution < -0.4 is 10.0 Å². The number of sulfonamides is 1. The predicted molar refractivity (Wildman–Crippen MR) is 125 cm³/mol. The Bertz CT molecular complexity index is 1280. The van der Waals surface area contributed by atoms with Crippen molar-refractivity contribution in [2.45, 2.75) is 30.4 Å². The molecule has 0 bridgehead atoms. The maximum atomic E-state index is 13.1. The Hall–Kier alpha value is -3.43. The molecular formula is C24H25N3O5S. The van der Waals surface area contributed by atoms with Gasteiger partial charge >= 0.3 is 6.09 Å². The Morgan fingerprint density at radius 3 is 2.48 bits per heavy atom. The van der Waals surface area contributed by atoms with Gasteiger partial charge in [-0.1, -0.05) is 54.6 Å². The van der Waals surface area contributed by atoms with Crippen molar-refractivity contribution in [1.29, 1.82) is 0 Å². The van der Waals surface area contributed by atoms with Crippen LogP contribution in [0.25, 0.3) is 10.8 Å². The van der Waals surface area contributed by atoms with Crippen LogP contribution in [-0.4, -0.2) is 45.0 Å². The molecule has 33 heavy (non-hydrogen) atoms. The molecule has 1 heterocycles. The smallest absolute Gasteiger partial charge is 0.410 e. The lowest BCUT2D eigenvalue weighted by molar-refractivity contribution is -0.120. The van der Waals surface area contributed by atoms with Gasteiger partial charge in [-0.05, 0) is 37.6 Å². The van der Waals surface area contributed by atoms with Crippen LogP contribution in [0.4, 0.5) is 10.5 Å². The van der Waals surface area contributed by atoms with Gasteiger partial charge < -0.3 is 10.1 Å². The molecule has 0 aliphatic carbocycles. The van der Waals surface area contributed by atoms with Crippen LogP contribution in [0.15, 0.2) is 71.6 Å². The number of anilines is 1. The van der Waals surface area contributed by atoms with E-state index in [0.717, 1.165) is 5.56 Å². The summed E-state index contributed by atoms with van der Waals surface area (Å²) in [5, 5.41) is 3.97. The number of carbonyl (C=O) groups is 2. The summed E-state index contributed by atoms with van der Waals surface area (Å²) in [5.74, 6) is -0.335. The summed E-state index contributed by atoms with van der Waals surface area (Å²) >= 11 is 0.